The average molecular weight is 262 g/mol. The zero-order valence-corrected chi connectivity index (χ0v) is 10.6. The van der Waals surface area contributed by atoms with Gasteiger partial charge in [-0.1, -0.05) is 0 Å². The second kappa shape index (κ2) is 5.29. The molecule has 2 aromatic rings. The van der Waals surface area contributed by atoms with E-state index in [2.05, 4.69) is 10.2 Å². The predicted molar refractivity (Wildman–Crippen MR) is 69.9 cm³/mol. The van der Waals surface area contributed by atoms with Crippen molar-refractivity contribution in [2.75, 3.05) is 7.11 Å². The Balaban J connectivity index is 2.52. The van der Waals surface area contributed by atoms with E-state index < -0.39 is 12.2 Å². The van der Waals surface area contributed by atoms with Gasteiger partial charge < -0.3 is 14.8 Å². The fourth-order valence-electron chi connectivity index (χ4n) is 2.09. The number of amides is 1. The molecule has 0 radical (unpaired) electrons. The van der Waals surface area contributed by atoms with Crippen LogP contribution in [0, 0.1) is 11.8 Å². The highest BCUT2D eigenvalue weighted by Crippen LogP contribution is 2.25. The minimum absolute atomic E-state index is 0.231. The van der Waals surface area contributed by atoms with Crippen molar-refractivity contribution in [3.63, 3.8) is 0 Å². The molecule has 6 heteroatoms. The molecule has 6 nitrogen and oxygen atoms in total. The van der Waals surface area contributed by atoms with Gasteiger partial charge in [-0.2, -0.15) is 0 Å². The van der Waals surface area contributed by atoms with Gasteiger partial charge in [0, 0.05) is 40.9 Å². The van der Waals surface area contributed by atoms with Crippen LogP contribution in [0.1, 0.15) is 21.6 Å². The standard InChI is InChI=1S/C13H14N2O4/c1-7-9(6-12(16)19-2)10-5-8(13(17)15-18)3-4-11(10)14-7/h3-5,12,14,16H,6H2,1-2H3. The molecule has 0 saturated carbocycles. The second-order valence-electron chi connectivity index (χ2n) is 4.28. The lowest BCUT2D eigenvalue weighted by Gasteiger charge is -2.08. The Bertz CT molecular complexity index is 633. The van der Waals surface area contributed by atoms with E-state index in [4.69, 9.17) is 4.74 Å². The summed E-state index contributed by atoms with van der Waals surface area (Å²) in [5.41, 5.74) is 2.80. The predicted octanol–water partition coefficient (Wildman–Crippen LogP) is 1.89. The number of aliphatic hydroxyl groups is 1. The molecular weight excluding hydrogens is 248 g/mol. The Kier molecular flexibility index (Phi) is 3.73. The number of aliphatic hydroxyl groups excluding tert-OH is 1. The Morgan fingerprint density at radius 2 is 2.26 bits per heavy atom. The maximum atomic E-state index is 11.3. The molecule has 0 aliphatic carbocycles. The van der Waals surface area contributed by atoms with Crippen LogP contribution in [0.5, 0.6) is 0 Å². The maximum absolute atomic E-state index is 11.3. The van der Waals surface area contributed by atoms with Crippen LogP contribution in [0.25, 0.3) is 10.9 Å². The summed E-state index contributed by atoms with van der Waals surface area (Å²) in [4.78, 5) is 24.7. The van der Waals surface area contributed by atoms with Crippen molar-refractivity contribution >= 4 is 16.8 Å². The molecule has 0 aliphatic rings. The van der Waals surface area contributed by atoms with Crippen LogP contribution in [-0.2, 0) is 11.2 Å². The third-order valence-electron chi connectivity index (χ3n) is 3.10. The first-order valence-corrected chi connectivity index (χ1v) is 5.76. The third-order valence-corrected chi connectivity index (χ3v) is 3.10. The lowest BCUT2D eigenvalue weighted by Crippen LogP contribution is -2.12. The van der Waals surface area contributed by atoms with Gasteiger partial charge in [-0.15, -0.1) is 4.91 Å². The van der Waals surface area contributed by atoms with Gasteiger partial charge in [0.2, 0.25) is 0 Å². The summed E-state index contributed by atoms with van der Waals surface area (Å²) >= 11 is 0. The number of H-pyrrole nitrogens is 1. The average Bonchev–Trinajstić information content (AvgIpc) is 2.73. The molecule has 19 heavy (non-hydrogen) atoms. The first kappa shape index (κ1) is 13.4. The first-order chi connectivity index (χ1) is 9.06. The van der Waals surface area contributed by atoms with Crippen molar-refractivity contribution in [3.8, 4) is 0 Å². The van der Waals surface area contributed by atoms with E-state index in [1.54, 1.807) is 18.2 Å². The molecule has 1 amide bonds. The van der Waals surface area contributed by atoms with Crippen LogP contribution in [0.15, 0.2) is 23.4 Å². The third kappa shape index (κ3) is 2.54. The molecule has 0 fully saturated rings. The summed E-state index contributed by atoms with van der Waals surface area (Å²) in [7, 11) is 1.42. The number of methoxy groups -OCH3 is 1. The number of hydrogen-bond acceptors (Lipinski definition) is 4. The fourth-order valence-corrected chi connectivity index (χ4v) is 2.09. The number of rotatable bonds is 4. The molecule has 0 spiro atoms. The normalized spacial score (nSPS) is 12.6. The van der Waals surface area contributed by atoms with E-state index in [1.165, 1.54) is 7.11 Å². The van der Waals surface area contributed by atoms with Crippen LogP contribution in [0.2, 0.25) is 0 Å². The van der Waals surface area contributed by atoms with Crippen molar-refractivity contribution in [1.29, 1.82) is 0 Å². The van der Waals surface area contributed by atoms with E-state index in [-0.39, 0.29) is 5.56 Å². The van der Waals surface area contributed by atoms with E-state index in [0.717, 1.165) is 22.2 Å². The van der Waals surface area contributed by atoms with Gasteiger partial charge in [0.15, 0.2) is 6.29 Å². The van der Waals surface area contributed by atoms with Crippen LogP contribution in [-0.4, -0.2) is 29.4 Å². The molecule has 1 heterocycles. The van der Waals surface area contributed by atoms with Crippen molar-refractivity contribution in [2.45, 2.75) is 19.6 Å². The number of nitroso groups, excluding NO2 is 1. The largest absolute Gasteiger partial charge is 0.368 e. The smallest absolute Gasteiger partial charge is 0.316 e. The van der Waals surface area contributed by atoms with Gasteiger partial charge in [-0.3, -0.25) is 4.79 Å². The molecule has 1 atom stereocenters. The van der Waals surface area contributed by atoms with Gasteiger partial charge in [0.25, 0.3) is 0 Å². The Hall–Kier alpha value is -2.05. The number of aromatic amines is 1. The second-order valence-corrected chi connectivity index (χ2v) is 4.28. The number of aromatic nitrogens is 1. The zero-order chi connectivity index (χ0) is 14.0. The summed E-state index contributed by atoms with van der Waals surface area (Å²) in [5, 5.41) is 12.8. The molecule has 1 aromatic carbocycles. The molecular formula is C13H14N2O4. The van der Waals surface area contributed by atoms with Crippen molar-refractivity contribution < 1.29 is 14.6 Å². The van der Waals surface area contributed by atoms with Crippen LogP contribution >= 0.6 is 0 Å². The summed E-state index contributed by atoms with van der Waals surface area (Å²) in [6, 6.07) is 4.85. The summed E-state index contributed by atoms with van der Waals surface area (Å²) < 4.78 is 4.83. The molecule has 2 N–H and O–H groups in total. The van der Waals surface area contributed by atoms with Crippen LogP contribution < -0.4 is 0 Å². The summed E-state index contributed by atoms with van der Waals surface area (Å²) in [5.74, 6) is -0.806. The lowest BCUT2D eigenvalue weighted by atomic mass is 10.0. The minimum Gasteiger partial charge on any atom is -0.368 e. The first-order valence-electron chi connectivity index (χ1n) is 5.76. The minimum atomic E-state index is -0.916. The van der Waals surface area contributed by atoms with Gasteiger partial charge in [-0.25, -0.2) is 0 Å². The van der Waals surface area contributed by atoms with Crippen molar-refractivity contribution in [3.05, 3.63) is 39.9 Å². The number of benzene rings is 1. The molecule has 0 saturated heterocycles. The van der Waals surface area contributed by atoms with E-state index >= 15 is 0 Å². The van der Waals surface area contributed by atoms with Crippen LogP contribution in [0.4, 0.5) is 0 Å². The Labute approximate surface area is 109 Å². The highest BCUT2D eigenvalue weighted by molar-refractivity contribution is 5.99. The van der Waals surface area contributed by atoms with Gasteiger partial charge in [0.1, 0.15) is 0 Å². The molecule has 1 aromatic heterocycles. The number of ether oxygens (including phenoxy) is 1. The topological polar surface area (TPSA) is 91.8 Å². The molecule has 1 unspecified atom stereocenters. The zero-order valence-electron chi connectivity index (χ0n) is 10.6. The van der Waals surface area contributed by atoms with Gasteiger partial charge in [-0.05, 0) is 30.7 Å². The van der Waals surface area contributed by atoms with Gasteiger partial charge >= 0.3 is 5.91 Å². The van der Waals surface area contributed by atoms with Crippen LogP contribution in [0.3, 0.4) is 0 Å². The number of nitrogens with zero attached hydrogens (tertiary/aromatic N) is 1. The van der Waals surface area contributed by atoms with Crippen molar-refractivity contribution in [1.82, 2.24) is 4.98 Å². The van der Waals surface area contributed by atoms with Crippen molar-refractivity contribution in [2.24, 2.45) is 5.18 Å². The van der Waals surface area contributed by atoms with E-state index in [0.29, 0.717) is 6.42 Å². The van der Waals surface area contributed by atoms with E-state index in [1.807, 2.05) is 6.92 Å². The molecule has 0 bridgehead atoms. The monoisotopic (exact) mass is 262 g/mol. The summed E-state index contributed by atoms with van der Waals surface area (Å²) in [6.45, 7) is 1.87. The SMILES string of the molecule is COC(O)Cc1c(C)[nH]c2ccc(C(=O)N=O)cc12. The number of fused-ring (bicyclic) bond motifs is 1. The quantitative estimate of drug-likeness (QED) is 0.650. The van der Waals surface area contributed by atoms with E-state index in [9.17, 15) is 14.8 Å². The number of carbonyl (C=O) groups is 1. The fraction of sp³-hybridized carbons (Fsp3) is 0.308. The number of hydrogen-bond donors (Lipinski definition) is 2. The number of carbonyl (C=O) groups excluding carboxylic acids is 1. The number of nitrogens with one attached hydrogen (secondary N) is 1. The lowest BCUT2D eigenvalue weighted by molar-refractivity contribution is -0.0719. The Morgan fingerprint density at radius 3 is 2.89 bits per heavy atom. The maximum Gasteiger partial charge on any atom is 0.316 e. The molecule has 100 valence electrons. The molecule has 0 aliphatic heterocycles. The summed E-state index contributed by atoms with van der Waals surface area (Å²) in [6.07, 6.45) is -0.615. The number of aryl methyl sites for hydroxylation is 1. The molecule has 2 rings (SSSR count). The highest BCUT2D eigenvalue weighted by atomic mass is 16.6. The Morgan fingerprint density at radius 1 is 1.53 bits per heavy atom. The highest BCUT2D eigenvalue weighted by Gasteiger charge is 2.15. The van der Waals surface area contributed by atoms with Gasteiger partial charge in [0.05, 0.1) is 0 Å².